The number of rotatable bonds is 8. The van der Waals surface area contributed by atoms with Crippen LogP contribution < -0.4 is 24.6 Å². The summed E-state index contributed by atoms with van der Waals surface area (Å²) in [7, 11) is 3.13. The average Bonchev–Trinajstić information content (AvgIpc) is 3.21. The number of carbonyl (C=O) groups is 2. The molecule has 3 aromatic rings. The van der Waals surface area contributed by atoms with Crippen LogP contribution in [0.5, 0.6) is 17.2 Å². The van der Waals surface area contributed by atoms with Crippen LogP contribution in [0.1, 0.15) is 21.5 Å². The number of hydrogen-bond donors (Lipinski definition) is 1. The molecule has 3 aromatic carbocycles. The van der Waals surface area contributed by atoms with Crippen LogP contribution in [0.25, 0.3) is 6.08 Å². The van der Waals surface area contributed by atoms with E-state index in [-0.39, 0.29) is 18.1 Å². The highest BCUT2D eigenvalue weighted by Gasteiger charge is 2.24. The molecular formula is C26H21N2O6S-. The largest absolute Gasteiger partial charge is 0.545 e. The van der Waals surface area contributed by atoms with E-state index in [9.17, 15) is 14.7 Å². The van der Waals surface area contributed by atoms with Gasteiger partial charge in [0.25, 0.3) is 5.91 Å². The standard InChI is InChI=1S/C26H22N2O6S/c1-32-20-10-8-19(9-11-20)27-26-28-24(29)23(35-26)14-17-5-12-21(22(13-17)33-2)34-15-16-3-6-18(7-4-16)25(30)31/h3-14H,15H2,1-2H3,(H,30,31)(H,27,28,29)/p-1/b23-14+. The summed E-state index contributed by atoms with van der Waals surface area (Å²) in [6, 6.07) is 18.8. The summed E-state index contributed by atoms with van der Waals surface area (Å²) >= 11 is 1.25. The van der Waals surface area contributed by atoms with Gasteiger partial charge in [-0.3, -0.25) is 4.79 Å². The molecule has 0 atom stereocenters. The third-order valence-electron chi connectivity index (χ3n) is 5.02. The quantitative estimate of drug-likeness (QED) is 0.482. The lowest BCUT2D eigenvalue weighted by molar-refractivity contribution is -0.255. The maximum absolute atomic E-state index is 12.4. The van der Waals surface area contributed by atoms with Crippen molar-refractivity contribution in [3.05, 3.63) is 88.3 Å². The first-order chi connectivity index (χ1) is 16.9. The minimum Gasteiger partial charge on any atom is -0.545 e. The number of carbonyl (C=O) groups excluding carboxylic acids is 2. The van der Waals surface area contributed by atoms with Gasteiger partial charge >= 0.3 is 0 Å². The number of carboxylic acids is 1. The second-order valence-corrected chi connectivity index (χ2v) is 8.39. The van der Waals surface area contributed by atoms with Crippen LogP contribution in [0, 0.1) is 0 Å². The van der Waals surface area contributed by atoms with Crippen LogP contribution >= 0.6 is 11.8 Å². The summed E-state index contributed by atoms with van der Waals surface area (Å²) in [5.74, 6) is 0.288. The van der Waals surface area contributed by atoms with Gasteiger partial charge in [-0.05, 0) is 70.9 Å². The summed E-state index contributed by atoms with van der Waals surface area (Å²) in [6.07, 6.45) is 1.75. The summed E-state index contributed by atoms with van der Waals surface area (Å²) in [6.45, 7) is 0.230. The Bertz CT molecular complexity index is 1300. The van der Waals surface area contributed by atoms with Crippen molar-refractivity contribution in [2.75, 3.05) is 14.2 Å². The highest BCUT2D eigenvalue weighted by molar-refractivity contribution is 8.18. The van der Waals surface area contributed by atoms with Gasteiger partial charge in [0.05, 0.1) is 30.8 Å². The van der Waals surface area contributed by atoms with Crippen molar-refractivity contribution in [3.8, 4) is 17.2 Å². The van der Waals surface area contributed by atoms with Crippen LogP contribution in [0.15, 0.2) is 76.6 Å². The maximum atomic E-state index is 12.4. The number of benzene rings is 3. The number of aliphatic imine (C=N–C) groups is 1. The van der Waals surface area contributed by atoms with Gasteiger partial charge in [0, 0.05) is 0 Å². The van der Waals surface area contributed by atoms with Gasteiger partial charge in [-0.2, -0.15) is 0 Å². The first-order valence-corrected chi connectivity index (χ1v) is 11.3. The molecule has 0 spiro atoms. The summed E-state index contributed by atoms with van der Waals surface area (Å²) in [5.41, 5.74) is 2.36. The van der Waals surface area contributed by atoms with Crippen LogP contribution in [-0.4, -0.2) is 31.3 Å². The molecule has 0 aromatic heterocycles. The predicted molar refractivity (Wildman–Crippen MR) is 132 cm³/mol. The number of aromatic carboxylic acids is 1. The van der Waals surface area contributed by atoms with Crippen molar-refractivity contribution in [1.29, 1.82) is 0 Å². The first kappa shape index (κ1) is 23.9. The number of hydrogen-bond acceptors (Lipinski definition) is 8. The van der Waals surface area contributed by atoms with Crippen molar-refractivity contribution in [1.82, 2.24) is 5.32 Å². The fourth-order valence-corrected chi connectivity index (χ4v) is 4.04. The lowest BCUT2D eigenvalue weighted by atomic mass is 10.1. The van der Waals surface area contributed by atoms with E-state index < -0.39 is 5.97 Å². The Morgan fingerprint density at radius 1 is 1.00 bits per heavy atom. The van der Waals surface area contributed by atoms with E-state index >= 15 is 0 Å². The van der Waals surface area contributed by atoms with E-state index in [2.05, 4.69) is 10.3 Å². The Labute approximate surface area is 206 Å². The monoisotopic (exact) mass is 489 g/mol. The molecule has 0 radical (unpaired) electrons. The molecule has 0 saturated carbocycles. The number of nitrogens with zero attached hydrogens (tertiary/aromatic N) is 1. The molecule has 1 heterocycles. The Kier molecular flexibility index (Phi) is 7.37. The fraction of sp³-hybridized carbons (Fsp3) is 0.115. The molecule has 1 aliphatic rings. The highest BCUT2D eigenvalue weighted by Crippen LogP contribution is 2.33. The van der Waals surface area contributed by atoms with Gasteiger partial charge in [-0.25, -0.2) is 4.99 Å². The molecule has 1 saturated heterocycles. The zero-order chi connectivity index (χ0) is 24.8. The summed E-state index contributed by atoms with van der Waals surface area (Å²) in [4.78, 5) is 28.3. The molecule has 9 heteroatoms. The van der Waals surface area contributed by atoms with E-state index in [0.717, 1.165) is 16.9 Å². The van der Waals surface area contributed by atoms with E-state index in [0.29, 0.717) is 27.3 Å². The number of carboxylic acid groups (broad SMARTS) is 1. The van der Waals surface area contributed by atoms with Crippen molar-refractivity contribution in [3.63, 3.8) is 0 Å². The van der Waals surface area contributed by atoms with Gasteiger partial charge in [0.2, 0.25) is 0 Å². The van der Waals surface area contributed by atoms with Gasteiger partial charge in [0.1, 0.15) is 12.4 Å². The SMILES string of the molecule is COc1ccc(N=C2NC(=O)/C(=C\c3ccc(OCc4ccc(C(=O)[O-])cc4)c(OC)c3)S2)cc1. The number of nitrogens with one attached hydrogen (secondary N) is 1. The molecule has 1 amide bonds. The van der Waals surface area contributed by atoms with Crippen LogP contribution in [-0.2, 0) is 11.4 Å². The van der Waals surface area contributed by atoms with Crippen molar-refractivity contribution < 1.29 is 28.9 Å². The molecular weight excluding hydrogens is 468 g/mol. The molecule has 1 aliphatic heterocycles. The van der Waals surface area contributed by atoms with Crippen molar-refractivity contribution in [2.24, 2.45) is 4.99 Å². The molecule has 1 fully saturated rings. The molecule has 178 valence electrons. The topological polar surface area (TPSA) is 109 Å². The smallest absolute Gasteiger partial charge is 0.264 e. The van der Waals surface area contributed by atoms with E-state index in [1.54, 1.807) is 49.6 Å². The van der Waals surface area contributed by atoms with Gasteiger partial charge in [-0.15, -0.1) is 0 Å². The minimum absolute atomic E-state index is 0.106. The average molecular weight is 490 g/mol. The molecule has 4 rings (SSSR count). The molecule has 1 N–H and O–H groups in total. The summed E-state index contributed by atoms with van der Waals surface area (Å²) in [5, 5.41) is 14.1. The van der Waals surface area contributed by atoms with Gasteiger partial charge in [-0.1, -0.05) is 30.3 Å². The highest BCUT2D eigenvalue weighted by atomic mass is 32.2. The Morgan fingerprint density at radius 3 is 2.40 bits per heavy atom. The van der Waals surface area contributed by atoms with Crippen LogP contribution in [0.3, 0.4) is 0 Å². The molecule has 0 aliphatic carbocycles. The van der Waals surface area contributed by atoms with E-state index in [4.69, 9.17) is 14.2 Å². The molecule has 0 unspecified atom stereocenters. The minimum atomic E-state index is -1.22. The van der Waals surface area contributed by atoms with Gasteiger partial charge < -0.3 is 29.4 Å². The Morgan fingerprint density at radius 2 is 1.74 bits per heavy atom. The maximum Gasteiger partial charge on any atom is 0.264 e. The van der Waals surface area contributed by atoms with Crippen molar-refractivity contribution in [2.45, 2.75) is 6.61 Å². The Balaban J connectivity index is 1.45. The van der Waals surface area contributed by atoms with Crippen LogP contribution in [0.2, 0.25) is 0 Å². The van der Waals surface area contributed by atoms with E-state index in [1.807, 2.05) is 18.2 Å². The third-order valence-corrected chi connectivity index (χ3v) is 5.93. The van der Waals surface area contributed by atoms with Gasteiger partial charge in [0.15, 0.2) is 16.7 Å². The zero-order valence-electron chi connectivity index (χ0n) is 18.9. The number of ether oxygens (including phenoxy) is 3. The third kappa shape index (κ3) is 6.01. The first-order valence-electron chi connectivity index (χ1n) is 10.5. The Hall–Kier alpha value is -4.24. The number of methoxy groups -OCH3 is 2. The molecule has 35 heavy (non-hydrogen) atoms. The zero-order valence-corrected chi connectivity index (χ0v) is 19.8. The molecule has 8 nitrogen and oxygen atoms in total. The number of amides is 1. The number of amidine groups is 1. The fourth-order valence-electron chi connectivity index (χ4n) is 3.20. The van der Waals surface area contributed by atoms with Crippen molar-refractivity contribution >= 4 is 40.6 Å². The molecule has 0 bridgehead atoms. The lowest BCUT2D eigenvalue weighted by Crippen LogP contribution is -2.22. The van der Waals surface area contributed by atoms with Crippen LogP contribution in [0.4, 0.5) is 5.69 Å². The van der Waals surface area contributed by atoms with E-state index in [1.165, 1.54) is 31.0 Å². The normalized spacial score (nSPS) is 15.2. The lowest BCUT2D eigenvalue weighted by Gasteiger charge is -2.12. The second-order valence-electron chi connectivity index (χ2n) is 7.36. The summed E-state index contributed by atoms with van der Waals surface area (Å²) < 4.78 is 16.4. The second kappa shape index (κ2) is 10.8. The number of thioether (sulfide) groups is 1. The predicted octanol–water partition coefficient (Wildman–Crippen LogP) is 3.54.